The number of benzene rings is 2. The van der Waals surface area contributed by atoms with Gasteiger partial charge in [0.2, 0.25) is 0 Å². The number of carboxylic acid groups (broad SMARTS) is 2. The molecule has 1 saturated carbocycles. The average Bonchev–Trinajstić information content (AvgIpc) is 3.47. The van der Waals surface area contributed by atoms with E-state index in [4.69, 9.17) is 0 Å². The lowest BCUT2D eigenvalue weighted by molar-refractivity contribution is -0.138. The van der Waals surface area contributed by atoms with E-state index in [-0.39, 0.29) is 34.4 Å². The summed E-state index contributed by atoms with van der Waals surface area (Å²) in [5.41, 5.74) is -6.89. The second kappa shape index (κ2) is 11.6. The van der Waals surface area contributed by atoms with Gasteiger partial charge in [0.05, 0.1) is 57.4 Å². The number of carbonyl (C=O) groups is 3. The fourth-order valence-electron chi connectivity index (χ4n) is 4.83. The summed E-state index contributed by atoms with van der Waals surface area (Å²) in [5, 5.41) is 36.6. The Morgan fingerprint density at radius 1 is 0.708 bits per heavy atom. The molecule has 5 aromatic rings. The SMILES string of the molecule is O=C(NC1CC1)c1cc(-c2cn(-c3cccc(C(=O)O)c3C(F)(F)F)nn2)nc(-c2cn(-c3cccc(C(=O)O)c3C(F)(F)F)nn2)c1. The quantitative estimate of drug-likeness (QED) is 0.192. The van der Waals surface area contributed by atoms with Gasteiger partial charge in [-0.1, -0.05) is 22.6 Å². The molecule has 0 aliphatic heterocycles. The van der Waals surface area contributed by atoms with Crippen molar-refractivity contribution in [3.63, 3.8) is 0 Å². The van der Waals surface area contributed by atoms with Crippen molar-refractivity contribution in [3.05, 3.63) is 88.7 Å². The smallest absolute Gasteiger partial charge is 0.419 e. The predicted molar refractivity (Wildman–Crippen MR) is 149 cm³/mol. The van der Waals surface area contributed by atoms with Gasteiger partial charge in [-0.2, -0.15) is 26.3 Å². The first-order valence-corrected chi connectivity index (χ1v) is 13.7. The van der Waals surface area contributed by atoms with E-state index >= 15 is 0 Å². The normalized spacial score (nSPS) is 13.4. The molecule has 6 rings (SSSR count). The summed E-state index contributed by atoms with van der Waals surface area (Å²) in [6.07, 6.45) is -6.68. The molecular weight excluding hydrogens is 654 g/mol. The maximum atomic E-state index is 14.0. The lowest BCUT2D eigenvalue weighted by atomic mass is 10.0. The molecule has 1 aliphatic rings. The van der Waals surface area contributed by atoms with Gasteiger partial charge in [0.15, 0.2) is 0 Å². The van der Waals surface area contributed by atoms with Crippen molar-refractivity contribution in [1.82, 2.24) is 40.3 Å². The molecule has 13 nitrogen and oxygen atoms in total. The van der Waals surface area contributed by atoms with Gasteiger partial charge in [0.1, 0.15) is 11.4 Å². The molecule has 1 fully saturated rings. The third-order valence-electron chi connectivity index (χ3n) is 7.12. The van der Waals surface area contributed by atoms with Crippen molar-refractivity contribution in [2.24, 2.45) is 0 Å². The van der Waals surface area contributed by atoms with E-state index in [2.05, 4.69) is 30.9 Å². The van der Waals surface area contributed by atoms with Gasteiger partial charge in [-0.05, 0) is 49.2 Å². The topological polar surface area (TPSA) is 178 Å². The number of hydrogen-bond acceptors (Lipinski definition) is 8. The number of alkyl halides is 6. The second-order valence-electron chi connectivity index (χ2n) is 10.5. The van der Waals surface area contributed by atoms with E-state index in [9.17, 15) is 50.9 Å². The summed E-state index contributed by atoms with van der Waals surface area (Å²) >= 11 is 0. The Labute approximate surface area is 263 Å². The van der Waals surface area contributed by atoms with Crippen LogP contribution in [0.1, 0.15) is 55.0 Å². The van der Waals surface area contributed by atoms with Crippen molar-refractivity contribution in [3.8, 4) is 34.2 Å². The fraction of sp³-hybridized carbons (Fsp3) is 0.172. The van der Waals surface area contributed by atoms with Crippen LogP contribution in [0.25, 0.3) is 34.2 Å². The number of hydrogen-bond donors (Lipinski definition) is 3. The van der Waals surface area contributed by atoms with Crippen LogP contribution in [0.5, 0.6) is 0 Å². The summed E-state index contributed by atoms with van der Waals surface area (Å²) in [5.74, 6) is -4.21. The zero-order valence-electron chi connectivity index (χ0n) is 23.8. The molecule has 3 N–H and O–H groups in total. The van der Waals surface area contributed by atoms with Crippen molar-refractivity contribution in [2.75, 3.05) is 0 Å². The van der Waals surface area contributed by atoms with Crippen LogP contribution >= 0.6 is 0 Å². The average molecular weight is 673 g/mol. The van der Waals surface area contributed by atoms with Gasteiger partial charge in [-0.15, -0.1) is 10.2 Å². The lowest BCUT2D eigenvalue weighted by Crippen LogP contribution is -2.25. The Morgan fingerprint density at radius 3 is 1.52 bits per heavy atom. The molecule has 3 aromatic heterocycles. The highest BCUT2D eigenvalue weighted by atomic mass is 19.4. The molecule has 0 atom stereocenters. The zero-order valence-corrected chi connectivity index (χ0v) is 23.8. The fourth-order valence-corrected chi connectivity index (χ4v) is 4.83. The minimum atomic E-state index is -5.09. The highest BCUT2D eigenvalue weighted by Gasteiger charge is 2.40. The molecule has 0 spiro atoms. The Balaban J connectivity index is 1.45. The van der Waals surface area contributed by atoms with Gasteiger partial charge in [-0.25, -0.2) is 23.9 Å². The van der Waals surface area contributed by atoms with Crippen LogP contribution in [0.4, 0.5) is 26.3 Å². The van der Waals surface area contributed by atoms with Gasteiger partial charge >= 0.3 is 24.3 Å². The van der Waals surface area contributed by atoms with Crippen LogP contribution in [-0.2, 0) is 12.4 Å². The second-order valence-corrected chi connectivity index (χ2v) is 10.5. The number of aromatic carboxylic acids is 2. The van der Waals surface area contributed by atoms with Crippen LogP contribution in [0, 0.1) is 0 Å². The summed E-state index contributed by atoms with van der Waals surface area (Å²) in [7, 11) is 0. The standard InChI is InChI=1S/C29H18F6N8O5/c30-28(31,32)23-15(26(45)46)3-1-5-21(23)42-11-19(38-40-42)17-9-13(25(44)36-14-7-8-14)10-18(37-17)20-12-43(41-39-20)22-6-2-4-16(27(47)48)24(22)29(33,34)35/h1-6,9-12,14H,7-8H2,(H,36,44)(H,45,46)(H,47,48). The van der Waals surface area contributed by atoms with E-state index in [1.54, 1.807) is 0 Å². The number of pyridine rings is 1. The molecule has 0 bridgehead atoms. The molecule has 1 aliphatic carbocycles. The third kappa shape index (κ3) is 6.16. The monoisotopic (exact) mass is 672 g/mol. The zero-order chi connectivity index (χ0) is 34.5. The molecule has 0 saturated heterocycles. The van der Waals surface area contributed by atoms with E-state index in [1.807, 2.05) is 0 Å². The molecule has 1 amide bonds. The van der Waals surface area contributed by atoms with Gasteiger partial charge in [0, 0.05) is 11.6 Å². The number of aromatic nitrogens is 7. The predicted octanol–water partition coefficient (Wildman–Crippen LogP) is 4.90. The summed E-state index contributed by atoms with van der Waals surface area (Å²) in [6, 6.07) is 8.15. The van der Waals surface area contributed by atoms with Crippen molar-refractivity contribution in [2.45, 2.75) is 31.2 Å². The Kier molecular flexibility index (Phi) is 7.68. The largest absolute Gasteiger partial charge is 0.478 e. The highest BCUT2D eigenvalue weighted by molar-refractivity contribution is 5.96. The molecule has 246 valence electrons. The maximum Gasteiger partial charge on any atom is 0.419 e. The minimum absolute atomic E-state index is 0.0151. The molecule has 2 aromatic carbocycles. The van der Waals surface area contributed by atoms with E-state index in [0.29, 0.717) is 9.36 Å². The summed E-state index contributed by atoms with van der Waals surface area (Å²) in [4.78, 5) is 40.5. The highest BCUT2D eigenvalue weighted by Crippen LogP contribution is 2.38. The Bertz CT molecular complexity index is 1970. The lowest BCUT2D eigenvalue weighted by Gasteiger charge is -2.14. The maximum absolute atomic E-state index is 14.0. The molecular formula is C29H18F6N8O5. The number of nitrogens with zero attached hydrogens (tertiary/aromatic N) is 7. The van der Waals surface area contributed by atoms with Gasteiger partial charge in [0.25, 0.3) is 5.91 Å². The van der Waals surface area contributed by atoms with Crippen LogP contribution < -0.4 is 5.32 Å². The van der Waals surface area contributed by atoms with Crippen LogP contribution in [0.15, 0.2) is 60.9 Å². The number of amides is 1. The molecule has 3 heterocycles. The van der Waals surface area contributed by atoms with E-state index in [1.165, 1.54) is 12.1 Å². The summed E-state index contributed by atoms with van der Waals surface area (Å²) in [6.45, 7) is 0. The van der Waals surface area contributed by atoms with Crippen LogP contribution in [0.2, 0.25) is 0 Å². The number of halogens is 6. The van der Waals surface area contributed by atoms with Crippen molar-refractivity contribution < 1.29 is 50.9 Å². The minimum Gasteiger partial charge on any atom is -0.478 e. The number of carboxylic acids is 2. The molecule has 0 radical (unpaired) electrons. The molecule has 48 heavy (non-hydrogen) atoms. The van der Waals surface area contributed by atoms with Crippen molar-refractivity contribution >= 4 is 17.8 Å². The van der Waals surface area contributed by atoms with Crippen LogP contribution in [-0.4, -0.2) is 69.1 Å². The molecule has 19 heteroatoms. The van der Waals surface area contributed by atoms with Crippen LogP contribution in [0.3, 0.4) is 0 Å². The summed E-state index contributed by atoms with van der Waals surface area (Å²) < 4.78 is 85.2. The Morgan fingerprint density at radius 2 is 1.15 bits per heavy atom. The molecule has 0 unspecified atom stereocenters. The first kappa shape index (κ1) is 31.8. The van der Waals surface area contributed by atoms with Crippen molar-refractivity contribution in [1.29, 1.82) is 0 Å². The number of nitrogens with one attached hydrogen (secondary N) is 1. The first-order chi connectivity index (χ1) is 22.6. The van der Waals surface area contributed by atoms with Gasteiger partial charge in [-0.3, -0.25) is 4.79 Å². The third-order valence-corrected chi connectivity index (χ3v) is 7.12. The Hall–Kier alpha value is -6.14. The number of carbonyl (C=O) groups excluding carboxylic acids is 1. The first-order valence-electron chi connectivity index (χ1n) is 13.7. The van der Waals surface area contributed by atoms with E-state index in [0.717, 1.165) is 61.6 Å². The van der Waals surface area contributed by atoms with E-state index < -0.39 is 63.8 Å². The van der Waals surface area contributed by atoms with Gasteiger partial charge < -0.3 is 15.5 Å². The number of rotatable bonds is 8.